The Labute approximate surface area is 201 Å². The highest BCUT2D eigenvalue weighted by molar-refractivity contribution is 5.76. The number of hydrogen-bond donors (Lipinski definition) is 1. The van der Waals surface area contributed by atoms with Gasteiger partial charge in [-0.25, -0.2) is 9.78 Å². The molecule has 1 N–H and O–H groups in total. The van der Waals surface area contributed by atoms with Crippen LogP contribution in [-0.4, -0.2) is 35.8 Å². The minimum Gasteiger partial charge on any atom is -0.351 e. The molecule has 3 aromatic heterocycles. The van der Waals surface area contributed by atoms with Crippen LogP contribution in [0.2, 0.25) is 0 Å². The number of hydrogen-bond acceptors (Lipinski definition) is 4. The number of amides is 1. The van der Waals surface area contributed by atoms with Gasteiger partial charge in [0.2, 0.25) is 5.91 Å². The van der Waals surface area contributed by atoms with Gasteiger partial charge in [0.05, 0.1) is 11.2 Å². The Morgan fingerprint density at radius 1 is 1.24 bits per heavy atom. The summed E-state index contributed by atoms with van der Waals surface area (Å²) < 4.78 is 5.16. The summed E-state index contributed by atoms with van der Waals surface area (Å²) in [4.78, 5) is 30.6. The average Bonchev–Trinajstić information content (AvgIpc) is 3.24. The maximum Gasteiger partial charge on any atom is 0.330 e. The topological polar surface area (TPSA) is 86.7 Å². The summed E-state index contributed by atoms with van der Waals surface area (Å²) in [5.74, 6) is 0.211. The normalized spacial score (nSPS) is 20.6. The minimum absolute atomic E-state index is 0.000807. The van der Waals surface area contributed by atoms with E-state index >= 15 is 0 Å². The zero-order valence-electron chi connectivity index (χ0n) is 21.6. The number of fused-ring (bicyclic) bond motifs is 1. The quantitative estimate of drug-likeness (QED) is 0.620. The van der Waals surface area contributed by atoms with Crippen LogP contribution in [0.4, 0.5) is 0 Å². The summed E-state index contributed by atoms with van der Waals surface area (Å²) >= 11 is 0. The number of carbonyl (C=O) groups excluding carboxylic acids is 1. The maximum atomic E-state index is 12.9. The van der Waals surface area contributed by atoms with Gasteiger partial charge in [-0.2, -0.15) is 5.10 Å². The van der Waals surface area contributed by atoms with Gasteiger partial charge < -0.3 is 5.32 Å². The Balaban J connectivity index is 1.55. The molecule has 184 valence electrons. The fourth-order valence-corrected chi connectivity index (χ4v) is 5.05. The first-order valence-corrected chi connectivity index (χ1v) is 12.2. The fraction of sp³-hybridized carbons (Fsp3) is 0.615. The van der Waals surface area contributed by atoms with Crippen molar-refractivity contribution in [2.75, 3.05) is 0 Å². The summed E-state index contributed by atoms with van der Waals surface area (Å²) in [6.07, 6.45) is 4.66. The van der Waals surface area contributed by atoms with Crippen molar-refractivity contribution in [2.24, 2.45) is 17.9 Å². The summed E-state index contributed by atoms with van der Waals surface area (Å²) in [5.41, 5.74) is 3.46. The summed E-state index contributed by atoms with van der Waals surface area (Å²) in [7, 11) is 1.80. The molecule has 0 aliphatic heterocycles. The summed E-state index contributed by atoms with van der Waals surface area (Å²) in [5, 5.41) is 7.59. The number of carbonyl (C=O) groups is 1. The fourth-order valence-electron chi connectivity index (χ4n) is 5.05. The molecule has 0 spiro atoms. The molecule has 0 bridgehead atoms. The van der Waals surface area contributed by atoms with Crippen LogP contribution in [0.3, 0.4) is 0 Å². The average molecular weight is 467 g/mol. The number of aromatic nitrogens is 5. The van der Waals surface area contributed by atoms with Gasteiger partial charge in [0.15, 0.2) is 5.65 Å². The van der Waals surface area contributed by atoms with Gasteiger partial charge in [0.25, 0.3) is 0 Å². The molecule has 8 heteroatoms. The number of nitrogens with one attached hydrogen (secondary N) is 1. The van der Waals surface area contributed by atoms with Gasteiger partial charge in [-0.3, -0.25) is 18.6 Å². The maximum absolute atomic E-state index is 12.9. The molecule has 4 rings (SSSR count). The second-order valence-corrected chi connectivity index (χ2v) is 11.8. The Hall–Kier alpha value is -2.90. The van der Waals surface area contributed by atoms with Crippen molar-refractivity contribution in [3.63, 3.8) is 0 Å². The zero-order chi connectivity index (χ0) is 24.8. The smallest absolute Gasteiger partial charge is 0.330 e. The Kier molecular flexibility index (Phi) is 6.21. The van der Waals surface area contributed by atoms with Gasteiger partial charge in [0.1, 0.15) is 6.54 Å². The van der Waals surface area contributed by atoms with Crippen molar-refractivity contribution in [3.05, 3.63) is 46.3 Å². The van der Waals surface area contributed by atoms with E-state index in [2.05, 4.69) is 51.1 Å². The lowest BCUT2D eigenvalue weighted by atomic mass is 9.68. The molecule has 1 fully saturated rings. The largest absolute Gasteiger partial charge is 0.351 e. The van der Waals surface area contributed by atoms with Crippen LogP contribution in [0.1, 0.15) is 71.2 Å². The molecule has 3 aromatic rings. The Morgan fingerprint density at radius 2 is 1.97 bits per heavy atom. The van der Waals surface area contributed by atoms with E-state index in [0.29, 0.717) is 6.54 Å². The summed E-state index contributed by atoms with van der Waals surface area (Å²) in [6.45, 7) is 13.6. The van der Waals surface area contributed by atoms with Crippen LogP contribution in [0.5, 0.6) is 0 Å². The first kappa shape index (κ1) is 24.2. The molecule has 1 aliphatic carbocycles. The van der Waals surface area contributed by atoms with E-state index in [0.717, 1.165) is 41.8 Å². The van der Waals surface area contributed by atoms with Crippen molar-refractivity contribution in [2.45, 2.75) is 85.9 Å². The predicted octanol–water partition coefficient (Wildman–Crippen LogP) is 3.76. The molecule has 34 heavy (non-hydrogen) atoms. The number of nitrogens with zero attached hydrogens (tertiary/aromatic N) is 5. The number of rotatable bonds is 5. The van der Waals surface area contributed by atoms with E-state index in [9.17, 15) is 9.59 Å². The molecule has 1 amide bonds. The second kappa shape index (κ2) is 8.71. The first-order valence-electron chi connectivity index (χ1n) is 12.2. The molecule has 0 aromatic carbocycles. The summed E-state index contributed by atoms with van der Waals surface area (Å²) in [6, 6.07) is 6.05. The third kappa shape index (κ3) is 4.95. The molecule has 0 saturated heterocycles. The molecule has 2 unspecified atom stereocenters. The molecule has 1 saturated carbocycles. The van der Waals surface area contributed by atoms with E-state index < -0.39 is 0 Å². The number of aryl methyl sites for hydroxylation is 2. The lowest BCUT2D eigenvalue weighted by Crippen LogP contribution is -2.49. The second-order valence-electron chi connectivity index (χ2n) is 11.8. The van der Waals surface area contributed by atoms with E-state index in [-0.39, 0.29) is 40.9 Å². The molecule has 2 atom stereocenters. The van der Waals surface area contributed by atoms with Gasteiger partial charge >= 0.3 is 5.69 Å². The van der Waals surface area contributed by atoms with Crippen LogP contribution >= 0.6 is 0 Å². The zero-order valence-corrected chi connectivity index (χ0v) is 21.6. The molecule has 1 aliphatic rings. The van der Waals surface area contributed by atoms with E-state index in [1.165, 1.54) is 0 Å². The Morgan fingerprint density at radius 3 is 2.62 bits per heavy atom. The van der Waals surface area contributed by atoms with E-state index in [4.69, 9.17) is 4.98 Å². The van der Waals surface area contributed by atoms with Gasteiger partial charge in [-0.05, 0) is 55.2 Å². The minimum atomic E-state index is -0.0293. The molecule has 8 nitrogen and oxygen atoms in total. The van der Waals surface area contributed by atoms with Gasteiger partial charge in [0, 0.05) is 37.4 Å². The lowest BCUT2D eigenvalue weighted by Gasteiger charge is -2.42. The van der Waals surface area contributed by atoms with Crippen LogP contribution < -0.4 is 11.0 Å². The first-order chi connectivity index (χ1) is 15.8. The van der Waals surface area contributed by atoms with Crippen LogP contribution in [0, 0.1) is 17.8 Å². The van der Waals surface area contributed by atoms with Crippen molar-refractivity contribution < 1.29 is 4.79 Å². The molecule has 0 radical (unpaired) electrons. The molecule has 3 heterocycles. The lowest BCUT2D eigenvalue weighted by molar-refractivity contribution is -0.123. The number of pyridine rings is 1. The van der Waals surface area contributed by atoms with Crippen molar-refractivity contribution in [1.29, 1.82) is 0 Å². The third-order valence-corrected chi connectivity index (χ3v) is 7.07. The van der Waals surface area contributed by atoms with Gasteiger partial charge in [-0.15, -0.1) is 0 Å². The van der Waals surface area contributed by atoms with Crippen molar-refractivity contribution in [3.8, 4) is 0 Å². The SMILES string of the molecule is Cc1ccn(CC(=O)NC2CC(c3ccc4c(n3)n(C)c(=O)n4CC(C)(C)C)CCC2(C)C)n1. The van der Waals surface area contributed by atoms with Gasteiger partial charge in [-0.1, -0.05) is 34.6 Å². The monoisotopic (exact) mass is 466 g/mol. The van der Waals surface area contributed by atoms with Crippen molar-refractivity contribution in [1.82, 2.24) is 29.2 Å². The highest BCUT2D eigenvalue weighted by atomic mass is 16.2. The highest BCUT2D eigenvalue weighted by Gasteiger charge is 2.38. The van der Waals surface area contributed by atoms with Crippen LogP contribution in [-0.2, 0) is 24.9 Å². The highest BCUT2D eigenvalue weighted by Crippen LogP contribution is 2.42. The van der Waals surface area contributed by atoms with Crippen molar-refractivity contribution >= 4 is 17.1 Å². The van der Waals surface area contributed by atoms with Crippen LogP contribution in [0.25, 0.3) is 11.2 Å². The van der Waals surface area contributed by atoms with Crippen LogP contribution in [0.15, 0.2) is 29.2 Å². The van der Waals surface area contributed by atoms with E-state index in [1.807, 2.05) is 29.8 Å². The third-order valence-electron chi connectivity index (χ3n) is 7.07. The Bertz CT molecular complexity index is 1260. The number of imidazole rings is 1. The van der Waals surface area contributed by atoms with E-state index in [1.54, 1.807) is 16.3 Å². The molecular weight excluding hydrogens is 428 g/mol. The predicted molar refractivity (Wildman–Crippen MR) is 134 cm³/mol. The molecular formula is C26H38N6O2. The standard InChI is InChI=1S/C26H38N6O2/c1-17-11-13-31(29-17)15-22(33)28-21-14-18(10-12-26(21,5)6)19-8-9-20-23(27-19)30(7)24(34)32(20)16-25(2,3)4/h8-9,11,13,18,21H,10,12,14-16H2,1-7H3,(H,28,33).